The van der Waals surface area contributed by atoms with Gasteiger partial charge in [0.1, 0.15) is 6.04 Å². The number of amides is 2. The van der Waals surface area contributed by atoms with Crippen LogP contribution in [0, 0.1) is 0 Å². The van der Waals surface area contributed by atoms with Gasteiger partial charge in [0, 0.05) is 31.3 Å². The molecule has 0 spiro atoms. The van der Waals surface area contributed by atoms with Crippen LogP contribution in [0.25, 0.3) is 0 Å². The highest BCUT2D eigenvalue weighted by Crippen LogP contribution is 2.29. The fourth-order valence-electron chi connectivity index (χ4n) is 3.79. The van der Waals surface area contributed by atoms with Gasteiger partial charge in [-0.1, -0.05) is 18.2 Å². The van der Waals surface area contributed by atoms with E-state index in [-0.39, 0.29) is 17.9 Å². The molecule has 0 saturated carbocycles. The molecule has 1 atom stereocenters. The van der Waals surface area contributed by atoms with Gasteiger partial charge in [-0.05, 0) is 43.5 Å². The number of pyridine rings is 1. The Morgan fingerprint density at radius 3 is 2.68 bits per heavy atom. The Bertz CT molecular complexity index is 791. The lowest BCUT2D eigenvalue weighted by Crippen LogP contribution is -2.53. The number of fused-ring (bicyclic) bond motifs is 1. The number of rotatable bonds is 2. The van der Waals surface area contributed by atoms with Crippen molar-refractivity contribution in [2.24, 2.45) is 0 Å². The Labute approximate surface area is 147 Å². The molecule has 5 nitrogen and oxygen atoms in total. The van der Waals surface area contributed by atoms with Gasteiger partial charge in [0.05, 0.1) is 11.4 Å². The minimum Gasteiger partial charge on any atom is -0.327 e. The molecule has 4 rings (SSSR count). The molecule has 25 heavy (non-hydrogen) atoms. The first-order chi connectivity index (χ1) is 12.3. The average Bonchev–Trinajstić information content (AvgIpc) is 3.12. The normalized spacial score (nSPS) is 19.6. The van der Waals surface area contributed by atoms with Gasteiger partial charge >= 0.3 is 0 Å². The third-order valence-corrected chi connectivity index (χ3v) is 5.06. The van der Waals surface area contributed by atoms with E-state index in [4.69, 9.17) is 0 Å². The Morgan fingerprint density at radius 1 is 1.00 bits per heavy atom. The molecule has 3 heterocycles. The van der Waals surface area contributed by atoms with E-state index in [9.17, 15) is 9.59 Å². The molecule has 2 aliphatic rings. The van der Waals surface area contributed by atoms with Crippen LogP contribution in [0.15, 0.2) is 48.7 Å². The largest absolute Gasteiger partial charge is 0.327 e. The summed E-state index contributed by atoms with van der Waals surface area (Å²) in [6, 6.07) is 12.7. The zero-order chi connectivity index (χ0) is 17.2. The van der Waals surface area contributed by atoms with Crippen molar-refractivity contribution in [3.05, 3.63) is 59.9 Å². The Kier molecular flexibility index (Phi) is 4.22. The first-order valence-electron chi connectivity index (χ1n) is 8.87. The zero-order valence-electron chi connectivity index (χ0n) is 14.1. The highest BCUT2D eigenvalue weighted by atomic mass is 16.2. The number of nitrogens with zero attached hydrogens (tertiary/aromatic N) is 3. The summed E-state index contributed by atoms with van der Waals surface area (Å²) < 4.78 is 0. The maximum absolute atomic E-state index is 13.2. The van der Waals surface area contributed by atoms with Crippen LogP contribution in [0.3, 0.4) is 0 Å². The third kappa shape index (κ3) is 2.90. The maximum atomic E-state index is 13.2. The fourth-order valence-corrected chi connectivity index (χ4v) is 3.79. The molecular weight excluding hydrogens is 314 g/mol. The van der Waals surface area contributed by atoms with Gasteiger partial charge in [0.2, 0.25) is 5.91 Å². The number of likely N-dealkylation sites (tertiary alicyclic amines) is 1. The summed E-state index contributed by atoms with van der Waals surface area (Å²) in [5.74, 6) is -0.0278. The number of aromatic nitrogens is 1. The minimum atomic E-state index is -0.382. The molecule has 2 amide bonds. The maximum Gasteiger partial charge on any atom is 0.254 e. The number of piperidine rings is 1. The van der Waals surface area contributed by atoms with E-state index < -0.39 is 0 Å². The number of carbonyl (C=O) groups is 2. The number of benzene rings is 1. The molecule has 2 aliphatic heterocycles. The third-order valence-electron chi connectivity index (χ3n) is 5.06. The van der Waals surface area contributed by atoms with Gasteiger partial charge in [-0.2, -0.15) is 0 Å². The summed E-state index contributed by atoms with van der Waals surface area (Å²) in [4.78, 5) is 34.1. The quantitative estimate of drug-likeness (QED) is 0.848. The first-order valence-corrected chi connectivity index (χ1v) is 8.87. The van der Waals surface area contributed by atoms with Crippen molar-refractivity contribution >= 4 is 17.5 Å². The predicted molar refractivity (Wildman–Crippen MR) is 95.4 cm³/mol. The van der Waals surface area contributed by atoms with Crippen molar-refractivity contribution in [2.75, 3.05) is 18.0 Å². The van der Waals surface area contributed by atoms with Crippen molar-refractivity contribution in [2.45, 2.75) is 31.7 Å². The summed E-state index contributed by atoms with van der Waals surface area (Å²) in [6.45, 7) is 1.28. The molecule has 1 saturated heterocycles. The fraction of sp³-hybridized carbons (Fsp3) is 0.350. The number of carbonyl (C=O) groups excluding carboxylic acids is 2. The highest BCUT2D eigenvalue weighted by molar-refractivity contribution is 6.03. The van der Waals surface area contributed by atoms with Crippen molar-refractivity contribution in [1.29, 1.82) is 0 Å². The summed E-state index contributed by atoms with van der Waals surface area (Å²) in [5.41, 5.74) is 2.50. The molecule has 0 N–H and O–H groups in total. The molecule has 128 valence electrons. The van der Waals surface area contributed by atoms with Crippen LogP contribution in [0.4, 0.5) is 5.69 Å². The second-order valence-electron chi connectivity index (χ2n) is 6.59. The predicted octanol–water partition coefficient (Wildman–Crippen LogP) is 2.67. The molecule has 5 heteroatoms. The lowest BCUT2D eigenvalue weighted by atomic mass is 9.99. The number of anilines is 1. The second-order valence-corrected chi connectivity index (χ2v) is 6.59. The Morgan fingerprint density at radius 2 is 1.84 bits per heavy atom. The van der Waals surface area contributed by atoms with E-state index in [1.54, 1.807) is 11.1 Å². The molecule has 0 aliphatic carbocycles. The molecule has 2 aromatic rings. The monoisotopic (exact) mass is 335 g/mol. The average molecular weight is 335 g/mol. The molecule has 1 aromatic heterocycles. The topological polar surface area (TPSA) is 53.5 Å². The standard InChI is InChI=1S/C20H21N3O2/c24-19(15-7-2-1-3-8-15)22-13-5-4-9-18(22)20(25)23-14-11-16-17(23)10-6-12-21-16/h1-3,6-8,10,12,18H,4-5,9,11,13-14H2. The van der Waals surface area contributed by atoms with E-state index in [0.29, 0.717) is 18.7 Å². The van der Waals surface area contributed by atoms with Gasteiger partial charge in [0.25, 0.3) is 5.91 Å². The van der Waals surface area contributed by atoms with Crippen LogP contribution >= 0.6 is 0 Å². The van der Waals surface area contributed by atoms with Crippen LogP contribution < -0.4 is 4.90 Å². The summed E-state index contributed by atoms with van der Waals surface area (Å²) in [6.07, 6.45) is 5.19. The molecule has 1 fully saturated rings. The van der Waals surface area contributed by atoms with Crippen LogP contribution in [-0.4, -0.2) is 40.8 Å². The van der Waals surface area contributed by atoms with E-state index in [1.165, 1.54) is 0 Å². The van der Waals surface area contributed by atoms with E-state index >= 15 is 0 Å². The number of hydrogen-bond donors (Lipinski definition) is 0. The van der Waals surface area contributed by atoms with Crippen molar-refractivity contribution in [1.82, 2.24) is 9.88 Å². The van der Waals surface area contributed by atoms with Crippen LogP contribution in [0.2, 0.25) is 0 Å². The van der Waals surface area contributed by atoms with Gasteiger partial charge < -0.3 is 9.80 Å². The molecule has 0 radical (unpaired) electrons. The summed E-state index contributed by atoms with van der Waals surface area (Å²) in [7, 11) is 0. The summed E-state index contributed by atoms with van der Waals surface area (Å²) >= 11 is 0. The smallest absolute Gasteiger partial charge is 0.254 e. The van der Waals surface area contributed by atoms with Gasteiger partial charge in [0.15, 0.2) is 0 Å². The zero-order valence-corrected chi connectivity index (χ0v) is 14.1. The lowest BCUT2D eigenvalue weighted by molar-refractivity contribution is -0.123. The van der Waals surface area contributed by atoms with Crippen LogP contribution in [-0.2, 0) is 11.2 Å². The van der Waals surface area contributed by atoms with Gasteiger partial charge in [-0.15, -0.1) is 0 Å². The number of hydrogen-bond acceptors (Lipinski definition) is 3. The van der Waals surface area contributed by atoms with Crippen LogP contribution in [0.1, 0.15) is 35.3 Å². The van der Waals surface area contributed by atoms with Gasteiger partial charge in [-0.25, -0.2) is 0 Å². The van der Waals surface area contributed by atoms with Crippen molar-refractivity contribution < 1.29 is 9.59 Å². The molecule has 1 aromatic carbocycles. The minimum absolute atomic E-state index is 0.0238. The lowest BCUT2D eigenvalue weighted by Gasteiger charge is -2.37. The van der Waals surface area contributed by atoms with E-state index in [0.717, 1.165) is 37.1 Å². The first kappa shape index (κ1) is 15.8. The molecule has 1 unspecified atom stereocenters. The second kappa shape index (κ2) is 6.67. The van der Waals surface area contributed by atoms with Crippen LogP contribution in [0.5, 0.6) is 0 Å². The molecule has 0 bridgehead atoms. The van der Waals surface area contributed by atoms with E-state index in [1.807, 2.05) is 47.4 Å². The molecular formula is C20H21N3O2. The summed E-state index contributed by atoms with van der Waals surface area (Å²) in [5, 5.41) is 0. The Hall–Kier alpha value is -2.69. The van der Waals surface area contributed by atoms with E-state index in [2.05, 4.69) is 4.98 Å². The SMILES string of the molecule is O=C(C1CCCCN1C(=O)c1ccccc1)N1CCc2ncccc21. The van der Waals surface area contributed by atoms with Crippen molar-refractivity contribution in [3.8, 4) is 0 Å². The highest BCUT2D eigenvalue weighted by Gasteiger charge is 2.37. The van der Waals surface area contributed by atoms with Gasteiger partial charge in [-0.3, -0.25) is 14.6 Å². The Balaban J connectivity index is 1.59. The van der Waals surface area contributed by atoms with Crippen molar-refractivity contribution in [3.63, 3.8) is 0 Å².